The Morgan fingerprint density at radius 1 is 1.14 bits per heavy atom. The summed E-state index contributed by atoms with van der Waals surface area (Å²) in [4.78, 5) is 14.1. The maximum absolute atomic E-state index is 6.07. The van der Waals surface area contributed by atoms with E-state index in [0.29, 0.717) is 13.1 Å². The number of likely N-dealkylation sites (N-methyl/N-ethyl adjacent to an activating group) is 1. The Hall–Kier alpha value is -1.58. The van der Waals surface area contributed by atoms with Gasteiger partial charge in [0, 0.05) is 56.1 Å². The van der Waals surface area contributed by atoms with Crippen LogP contribution in [0.25, 0.3) is 0 Å². The molecule has 1 aromatic heterocycles. The Balaban J connectivity index is 0.00000300. The lowest BCUT2D eigenvalue weighted by molar-refractivity contribution is 0.312. The van der Waals surface area contributed by atoms with Crippen LogP contribution in [0.3, 0.4) is 0 Å². The van der Waals surface area contributed by atoms with Gasteiger partial charge in [0.05, 0.1) is 6.54 Å². The monoisotopic (exact) mass is 528 g/mol. The fourth-order valence-electron chi connectivity index (χ4n) is 3.20. The van der Waals surface area contributed by atoms with E-state index < -0.39 is 0 Å². The number of piperazine rings is 1. The average Bonchev–Trinajstić information content (AvgIpc) is 2.71. The molecule has 0 radical (unpaired) electrons. The molecule has 8 heteroatoms. The van der Waals surface area contributed by atoms with Crippen molar-refractivity contribution < 1.29 is 0 Å². The molecule has 0 amide bonds. The van der Waals surface area contributed by atoms with E-state index in [-0.39, 0.29) is 24.0 Å². The molecule has 0 aliphatic carbocycles. The van der Waals surface area contributed by atoms with Crippen LogP contribution in [0.1, 0.15) is 18.1 Å². The van der Waals surface area contributed by atoms with Crippen LogP contribution in [-0.2, 0) is 13.1 Å². The number of hydrogen-bond acceptors (Lipinski definition) is 4. The van der Waals surface area contributed by atoms with Crippen molar-refractivity contribution in [2.75, 3.05) is 44.7 Å². The number of anilines is 1. The summed E-state index contributed by atoms with van der Waals surface area (Å²) in [6.07, 6.45) is 1.87. The topological polar surface area (TPSA) is 55.8 Å². The number of halogens is 2. The molecule has 6 nitrogen and oxygen atoms in total. The Morgan fingerprint density at radius 3 is 2.66 bits per heavy atom. The van der Waals surface area contributed by atoms with E-state index in [1.165, 1.54) is 5.56 Å². The van der Waals surface area contributed by atoms with Gasteiger partial charge in [-0.05, 0) is 37.7 Å². The molecule has 0 bridgehead atoms. The molecule has 2 N–H and O–H groups in total. The van der Waals surface area contributed by atoms with Crippen molar-refractivity contribution in [3.05, 3.63) is 58.7 Å². The van der Waals surface area contributed by atoms with E-state index in [4.69, 9.17) is 11.6 Å². The van der Waals surface area contributed by atoms with Crippen LogP contribution in [0, 0.1) is 0 Å². The number of rotatable bonds is 6. The molecule has 0 atom stereocenters. The molecule has 0 saturated carbocycles. The third-order valence-corrected chi connectivity index (χ3v) is 5.00. The van der Waals surface area contributed by atoms with Gasteiger partial charge in [0.2, 0.25) is 0 Å². The highest BCUT2D eigenvalue weighted by Crippen LogP contribution is 2.18. The fraction of sp³-hybridized carbons (Fsp3) is 0.429. The molecule has 1 aliphatic rings. The molecule has 158 valence electrons. The summed E-state index contributed by atoms with van der Waals surface area (Å²) in [5.74, 6) is 1.85. The Kier molecular flexibility index (Phi) is 9.96. The molecule has 0 unspecified atom stereocenters. The molecule has 2 aromatic rings. The molecule has 1 fully saturated rings. The summed E-state index contributed by atoms with van der Waals surface area (Å²) in [6.45, 7) is 8.26. The first kappa shape index (κ1) is 23.7. The normalized spacial score (nSPS) is 15.0. The standard InChI is InChI=1S/C21H29ClN6.HI/c1-3-23-21(25-15-17-6-4-8-19(22)14-17)26-16-18-7-5-9-24-20(18)28-12-10-27(2)11-13-28;/h4-9,14H,3,10-13,15-16H2,1-2H3,(H2,23,25,26);1H. The SMILES string of the molecule is CCNC(=NCc1cccc(Cl)c1)NCc1cccnc1N1CCN(C)CC1.I. The van der Waals surface area contributed by atoms with Crippen molar-refractivity contribution in [1.29, 1.82) is 0 Å². The van der Waals surface area contributed by atoms with E-state index in [0.717, 1.165) is 55.1 Å². The van der Waals surface area contributed by atoms with Gasteiger partial charge in [0.25, 0.3) is 0 Å². The van der Waals surface area contributed by atoms with Crippen molar-refractivity contribution in [2.24, 2.45) is 4.99 Å². The van der Waals surface area contributed by atoms with Crippen LogP contribution >= 0.6 is 35.6 Å². The van der Waals surface area contributed by atoms with Crippen molar-refractivity contribution >= 4 is 47.4 Å². The van der Waals surface area contributed by atoms with Crippen LogP contribution < -0.4 is 15.5 Å². The van der Waals surface area contributed by atoms with Gasteiger partial charge in [-0.3, -0.25) is 0 Å². The van der Waals surface area contributed by atoms with Crippen molar-refractivity contribution in [2.45, 2.75) is 20.0 Å². The summed E-state index contributed by atoms with van der Waals surface area (Å²) >= 11 is 6.07. The maximum Gasteiger partial charge on any atom is 0.191 e. The van der Waals surface area contributed by atoms with E-state index in [1.807, 2.05) is 36.5 Å². The van der Waals surface area contributed by atoms with Crippen molar-refractivity contribution in [1.82, 2.24) is 20.5 Å². The molecule has 1 aromatic carbocycles. The number of benzene rings is 1. The van der Waals surface area contributed by atoms with Crippen LogP contribution in [0.4, 0.5) is 5.82 Å². The third kappa shape index (κ3) is 7.31. The summed E-state index contributed by atoms with van der Waals surface area (Å²) in [6, 6.07) is 11.9. The lowest BCUT2D eigenvalue weighted by Gasteiger charge is -2.34. The minimum atomic E-state index is 0. The predicted octanol–water partition coefficient (Wildman–Crippen LogP) is 3.36. The van der Waals surface area contributed by atoms with Gasteiger partial charge in [0.15, 0.2) is 5.96 Å². The minimum Gasteiger partial charge on any atom is -0.357 e. The van der Waals surface area contributed by atoms with Crippen molar-refractivity contribution in [3.63, 3.8) is 0 Å². The average molecular weight is 529 g/mol. The van der Waals surface area contributed by atoms with Gasteiger partial charge in [-0.25, -0.2) is 9.98 Å². The highest BCUT2D eigenvalue weighted by Gasteiger charge is 2.17. The van der Waals surface area contributed by atoms with Gasteiger partial charge >= 0.3 is 0 Å². The number of pyridine rings is 1. The smallest absolute Gasteiger partial charge is 0.191 e. The summed E-state index contributed by atoms with van der Waals surface area (Å²) in [5, 5.41) is 7.48. The second kappa shape index (κ2) is 12.2. The maximum atomic E-state index is 6.07. The molecular formula is C21H30ClIN6. The zero-order valence-corrected chi connectivity index (χ0v) is 20.2. The van der Waals surface area contributed by atoms with E-state index >= 15 is 0 Å². The highest BCUT2D eigenvalue weighted by molar-refractivity contribution is 14.0. The zero-order valence-electron chi connectivity index (χ0n) is 17.1. The molecule has 1 saturated heterocycles. The molecule has 1 aliphatic heterocycles. The Labute approximate surface area is 195 Å². The number of nitrogens with zero attached hydrogens (tertiary/aromatic N) is 4. The number of nitrogens with one attached hydrogen (secondary N) is 2. The molecule has 0 spiro atoms. The van der Waals surface area contributed by atoms with Crippen LogP contribution in [0.2, 0.25) is 5.02 Å². The molecule has 3 rings (SSSR count). The summed E-state index contributed by atoms with van der Waals surface area (Å²) in [7, 11) is 2.16. The molecule has 29 heavy (non-hydrogen) atoms. The predicted molar refractivity (Wildman–Crippen MR) is 132 cm³/mol. The number of hydrogen-bond donors (Lipinski definition) is 2. The second-order valence-electron chi connectivity index (χ2n) is 6.96. The first-order valence-corrected chi connectivity index (χ1v) is 10.2. The minimum absolute atomic E-state index is 0. The Bertz CT molecular complexity index is 792. The number of aromatic nitrogens is 1. The van der Waals surface area contributed by atoms with Gasteiger partial charge in [0.1, 0.15) is 5.82 Å². The summed E-state index contributed by atoms with van der Waals surface area (Å²) in [5.41, 5.74) is 2.27. The zero-order chi connectivity index (χ0) is 19.8. The molecular weight excluding hydrogens is 499 g/mol. The summed E-state index contributed by atoms with van der Waals surface area (Å²) < 4.78 is 0. The van der Waals surface area contributed by atoms with E-state index in [2.05, 4.69) is 50.4 Å². The van der Waals surface area contributed by atoms with Crippen LogP contribution in [0.5, 0.6) is 0 Å². The van der Waals surface area contributed by atoms with Gasteiger partial charge in [-0.1, -0.05) is 29.8 Å². The largest absolute Gasteiger partial charge is 0.357 e. The van der Waals surface area contributed by atoms with Crippen molar-refractivity contribution in [3.8, 4) is 0 Å². The number of aliphatic imine (C=N–C) groups is 1. The van der Waals surface area contributed by atoms with Gasteiger partial charge < -0.3 is 20.4 Å². The first-order chi connectivity index (χ1) is 13.7. The lowest BCUT2D eigenvalue weighted by atomic mass is 10.2. The van der Waals surface area contributed by atoms with Crippen LogP contribution in [-0.4, -0.2) is 55.6 Å². The Morgan fingerprint density at radius 2 is 1.93 bits per heavy atom. The third-order valence-electron chi connectivity index (χ3n) is 4.77. The lowest BCUT2D eigenvalue weighted by Crippen LogP contribution is -2.45. The first-order valence-electron chi connectivity index (χ1n) is 9.79. The number of guanidine groups is 1. The fourth-order valence-corrected chi connectivity index (χ4v) is 3.41. The van der Waals surface area contributed by atoms with E-state index in [9.17, 15) is 0 Å². The van der Waals surface area contributed by atoms with Crippen LogP contribution in [0.15, 0.2) is 47.6 Å². The second-order valence-corrected chi connectivity index (χ2v) is 7.39. The van der Waals surface area contributed by atoms with Gasteiger partial charge in [-0.2, -0.15) is 0 Å². The van der Waals surface area contributed by atoms with E-state index in [1.54, 1.807) is 0 Å². The quantitative estimate of drug-likeness (QED) is 0.342. The molecule has 2 heterocycles. The highest BCUT2D eigenvalue weighted by atomic mass is 127. The van der Waals surface area contributed by atoms with Gasteiger partial charge in [-0.15, -0.1) is 24.0 Å².